The lowest BCUT2D eigenvalue weighted by Crippen LogP contribution is -2.50. The van der Waals surface area contributed by atoms with E-state index in [1.165, 1.54) is 11.0 Å². The summed E-state index contributed by atoms with van der Waals surface area (Å²) >= 11 is 0. The second-order valence-electron chi connectivity index (χ2n) is 4.74. The van der Waals surface area contributed by atoms with Gasteiger partial charge in [0.1, 0.15) is 6.29 Å². The van der Waals surface area contributed by atoms with E-state index in [9.17, 15) is 14.4 Å². The lowest BCUT2D eigenvalue weighted by atomic mass is 10.2. The maximum Gasteiger partial charge on any atom is 0.327 e. The second-order valence-corrected chi connectivity index (χ2v) is 4.74. The quantitative estimate of drug-likeness (QED) is 0.619. The van der Waals surface area contributed by atoms with Crippen LogP contribution in [0.2, 0.25) is 0 Å². The van der Waals surface area contributed by atoms with E-state index in [-0.39, 0.29) is 6.54 Å². The van der Waals surface area contributed by atoms with Gasteiger partial charge in [-0.05, 0) is 11.6 Å². The molecule has 1 heterocycles. The average molecular weight is 302 g/mol. The fraction of sp³-hybridized carbons (Fsp3) is 0.312. The van der Waals surface area contributed by atoms with Crippen molar-refractivity contribution in [3.05, 3.63) is 42.0 Å². The van der Waals surface area contributed by atoms with E-state index >= 15 is 0 Å². The van der Waals surface area contributed by atoms with Gasteiger partial charge < -0.3 is 14.4 Å². The highest BCUT2D eigenvalue weighted by Gasteiger charge is 2.26. The lowest BCUT2D eigenvalue weighted by molar-refractivity contribution is -0.126. The molecule has 0 radical (unpaired) electrons. The van der Waals surface area contributed by atoms with E-state index in [1.54, 1.807) is 6.08 Å². The fourth-order valence-corrected chi connectivity index (χ4v) is 2.08. The number of carbonyl (C=O) groups is 3. The Hall–Kier alpha value is -2.47. The molecule has 3 amide bonds. The summed E-state index contributed by atoms with van der Waals surface area (Å²) in [5.74, 6) is -0.507. The molecule has 1 aliphatic rings. The molecular formula is C16H18N2O4. The first kappa shape index (κ1) is 15.9. The Morgan fingerprint density at radius 3 is 2.50 bits per heavy atom. The Kier molecular flexibility index (Phi) is 5.85. The SMILES string of the molecule is O=CCN(C(=O)/C=C/c1ccccc1)C(=O)N1CCOCC1. The highest BCUT2D eigenvalue weighted by molar-refractivity contribution is 6.03. The van der Waals surface area contributed by atoms with E-state index < -0.39 is 11.9 Å². The predicted molar refractivity (Wildman–Crippen MR) is 81.0 cm³/mol. The molecule has 1 aromatic rings. The first-order valence-corrected chi connectivity index (χ1v) is 7.07. The Bertz CT molecular complexity index is 551. The molecule has 116 valence electrons. The first-order chi connectivity index (χ1) is 10.7. The molecule has 0 bridgehead atoms. The van der Waals surface area contributed by atoms with E-state index in [0.29, 0.717) is 32.6 Å². The largest absolute Gasteiger partial charge is 0.378 e. The van der Waals surface area contributed by atoms with Gasteiger partial charge in [0.05, 0.1) is 19.8 Å². The first-order valence-electron chi connectivity index (χ1n) is 7.07. The summed E-state index contributed by atoms with van der Waals surface area (Å²) in [4.78, 5) is 37.7. The van der Waals surface area contributed by atoms with Gasteiger partial charge in [0, 0.05) is 19.2 Å². The van der Waals surface area contributed by atoms with Crippen LogP contribution in [0.25, 0.3) is 6.08 Å². The third-order valence-electron chi connectivity index (χ3n) is 3.25. The molecule has 1 saturated heterocycles. The number of benzene rings is 1. The molecule has 1 fully saturated rings. The zero-order valence-corrected chi connectivity index (χ0v) is 12.2. The molecule has 1 aromatic carbocycles. The van der Waals surface area contributed by atoms with E-state index in [1.807, 2.05) is 30.3 Å². The molecule has 0 N–H and O–H groups in total. The van der Waals surface area contributed by atoms with Crippen LogP contribution in [-0.2, 0) is 14.3 Å². The van der Waals surface area contributed by atoms with Gasteiger partial charge in [-0.2, -0.15) is 0 Å². The molecule has 22 heavy (non-hydrogen) atoms. The number of amides is 3. The normalized spacial score (nSPS) is 14.8. The Morgan fingerprint density at radius 1 is 1.18 bits per heavy atom. The smallest absolute Gasteiger partial charge is 0.327 e. The molecular weight excluding hydrogens is 284 g/mol. The molecule has 0 aliphatic carbocycles. The predicted octanol–water partition coefficient (Wildman–Crippen LogP) is 1.18. The molecule has 0 saturated carbocycles. The summed E-state index contributed by atoms with van der Waals surface area (Å²) in [5.41, 5.74) is 0.848. The topological polar surface area (TPSA) is 66.9 Å². The van der Waals surface area contributed by atoms with Crippen LogP contribution < -0.4 is 0 Å². The number of hydrogen-bond acceptors (Lipinski definition) is 4. The minimum Gasteiger partial charge on any atom is -0.378 e. The van der Waals surface area contributed by atoms with Crippen LogP contribution in [0.5, 0.6) is 0 Å². The van der Waals surface area contributed by atoms with Gasteiger partial charge in [0.25, 0.3) is 5.91 Å². The monoisotopic (exact) mass is 302 g/mol. The number of morpholine rings is 1. The number of aldehydes is 1. The van der Waals surface area contributed by atoms with Crippen LogP contribution in [0.3, 0.4) is 0 Å². The van der Waals surface area contributed by atoms with Crippen molar-refractivity contribution < 1.29 is 19.1 Å². The van der Waals surface area contributed by atoms with Crippen molar-refractivity contribution in [3.8, 4) is 0 Å². The van der Waals surface area contributed by atoms with E-state index in [0.717, 1.165) is 10.5 Å². The third kappa shape index (κ3) is 4.26. The number of hydrogen-bond donors (Lipinski definition) is 0. The Labute approximate surface area is 129 Å². The number of nitrogens with zero attached hydrogens (tertiary/aromatic N) is 2. The van der Waals surface area contributed by atoms with Crippen molar-refractivity contribution in [2.75, 3.05) is 32.8 Å². The van der Waals surface area contributed by atoms with Crippen LogP contribution in [-0.4, -0.2) is 60.9 Å². The van der Waals surface area contributed by atoms with Gasteiger partial charge in [-0.1, -0.05) is 30.3 Å². The maximum atomic E-state index is 12.3. The highest BCUT2D eigenvalue weighted by Crippen LogP contribution is 2.06. The van der Waals surface area contributed by atoms with Crippen LogP contribution in [0.1, 0.15) is 5.56 Å². The Balaban J connectivity index is 2.05. The van der Waals surface area contributed by atoms with Gasteiger partial charge in [0.15, 0.2) is 0 Å². The lowest BCUT2D eigenvalue weighted by Gasteiger charge is -2.30. The molecule has 0 aromatic heterocycles. The van der Waals surface area contributed by atoms with Gasteiger partial charge in [-0.25, -0.2) is 4.79 Å². The highest BCUT2D eigenvalue weighted by atomic mass is 16.5. The van der Waals surface area contributed by atoms with Gasteiger partial charge in [-0.15, -0.1) is 0 Å². The molecule has 0 unspecified atom stereocenters. The van der Waals surface area contributed by atoms with Crippen molar-refractivity contribution in [2.24, 2.45) is 0 Å². The fourth-order valence-electron chi connectivity index (χ4n) is 2.08. The van der Waals surface area contributed by atoms with Crippen molar-refractivity contribution in [3.63, 3.8) is 0 Å². The Morgan fingerprint density at radius 2 is 1.86 bits per heavy atom. The van der Waals surface area contributed by atoms with Gasteiger partial charge >= 0.3 is 6.03 Å². The van der Waals surface area contributed by atoms with Crippen LogP contribution in [0.15, 0.2) is 36.4 Å². The zero-order chi connectivity index (χ0) is 15.8. The van der Waals surface area contributed by atoms with E-state index in [4.69, 9.17) is 4.74 Å². The maximum absolute atomic E-state index is 12.3. The number of rotatable bonds is 4. The summed E-state index contributed by atoms with van der Waals surface area (Å²) in [5, 5.41) is 0. The summed E-state index contributed by atoms with van der Waals surface area (Å²) in [6.07, 6.45) is 3.47. The minimum absolute atomic E-state index is 0.256. The van der Waals surface area contributed by atoms with Gasteiger partial charge in [0.2, 0.25) is 0 Å². The summed E-state index contributed by atoms with van der Waals surface area (Å²) in [6, 6.07) is 8.81. The van der Waals surface area contributed by atoms with Crippen molar-refractivity contribution in [1.29, 1.82) is 0 Å². The molecule has 6 nitrogen and oxygen atoms in total. The molecule has 0 atom stereocenters. The number of ether oxygens (including phenoxy) is 1. The number of imide groups is 1. The summed E-state index contributed by atoms with van der Waals surface area (Å²) < 4.78 is 5.17. The molecule has 6 heteroatoms. The second kappa shape index (κ2) is 8.09. The standard InChI is InChI=1S/C16H18N2O4/c19-11-8-18(16(21)17-9-12-22-13-10-17)15(20)7-6-14-4-2-1-3-5-14/h1-7,11H,8-10,12-13H2/b7-6+. The molecule has 2 rings (SSSR count). The van der Waals surface area contributed by atoms with Crippen LogP contribution in [0, 0.1) is 0 Å². The van der Waals surface area contributed by atoms with Crippen molar-refractivity contribution in [1.82, 2.24) is 9.80 Å². The molecule has 1 aliphatic heterocycles. The average Bonchev–Trinajstić information content (AvgIpc) is 2.58. The van der Waals surface area contributed by atoms with Gasteiger partial charge in [-0.3, -0.25) is 9.69 Å². The summed E-state index contributed by atoms with van der Waals surface area (Å²) in [7, 11) is 0. The van der Waals surface area contributed by atoms with E-state index in [2.05, 4.69) is 0 Å². The minimum atomic E-state index is -0.507. The third-order valence-corrected chi connectivity index (χ3v) is 3.25. The number of urea groups is 1. The summed E-state index contributed by atoms with van der Waals surface area (Å²) in [6.45, 7) is 1.46. The van der Waals surface area contributed by atoms with Crippen molar-refractivity contribution >= 4 is 24.3 Å². The van der Waals surface area contributed by atoms with Crippen LogP contribution >= 0.6 is 0 Å². The van der Waals surface area contributed by atoms with Crippen LogP contribution in [0.4, 0.5) is 4.79 Å². The zero-order valence-electron chi connectivity index (χ0n) is 12.2. The van der Waals surface area contributed by atoms with Crippen molar-refractivity contribution in [2.45, 2.75) is 0 Å². The number of carbonyl (C=O) groups excluding carboxylic acids is 3. The molecule has 0 spiro atoms.